The molecule has 5 heteroatoms. The first-order chi connectivity index (χ1) is 9.13. The van der Waals surface area contributed by atoms with E-state index in [-0.39, 0.29) is 11.8 Å². The Balaban J connectivity index is 2.03. The third kappa shape index (κ3) is 2.93. The highest BCUT2D eigenvalue weighted by molar-refractivity contribution is 6.02. The highest BCUT2D eigenvalue weighted by Gasteiger charge is 2.32. The van der Waals surface area contributed by atoms with Gasteiger partial charge in [-0.25, -0.2) is 0 Å². The molecule has 1 aliphatic heterocycles. The van der Waals surface area contributed by atoms with Crippen LogP contribution in [0, 0.1) is 0 Å². The predicted molar refractivity (Wildman–Crippen MR) is 73.7 cm³/mol. The molecule has 1 aromatic carbocycles. The van der Waals surface area contributed by atoms with Crippen molar-refractivity contribution in [2.75, 3.05) is 11.9 Å². The quantitative estimate of drug-likeness (QED) is 0.745. The van der Waals surface area contributed by atoms with E-state index in [1.165, 1.54) is 0 Å². The lowest BCUT2D eigenvalue weighted by molar-refractivity contribution is -0.123. The molecule has 0 spiro atoms. The minimum Gasteiger partial charge on any atom is -0.355 e. The molecule has 5 nitrogen and oxygen atoms in total. The number of hydrogen-bond acceptors (Lipinski definition) is 3. The lowest BCUT2D eigenvalue weighted by atomic mass is 10.1. The molecule has 0 radical (unpaired) electrons. The molecule has 1 heterocycles. The van der Waals surface area contributed by atoms with E-state index in [2.05, 4.69) is 16.0 Å². The molecule has 1 aromatic rings. The van der Waals surface area contributed by atoms with Crippen LogP contribution in [0.1, 0.15) is 31.9 Å². The summed E-state index contributed by atoms with van der Waals surface area (Å²) >= 11 is 0. The van der Waals surface area contributed by atoms with Crippen LogP contribution < -0.4 is 16.0 Å². The van der Waals surface area contributed by atoms with Gasteiger partial charge in [0.05, 0.1) is 6.04 Å². The van der Waals surface area contributed by atoms with Gasteiger partial charge in [0.2, 0.25) is 11.8 Å². The van der Waals surface area contributed by atoms with Crippen molar-refractivity contribution in [3.63, 3.8) is 0 Å². The van der Waals surface area contributed by atoms with Crippen LogP contribution >= 0.6 is 0 Å². The number of nitrogens with one attached hydrogen (secondary N) is 3. The van der Waals surface area contributed by atoms with E-state index in [4.69, 9.17) is 0 Å². The summed E-state index contributed by atoms with van der Waals surface area (Å²) in [7, 11) is 0. The molecule has 0 fully saturated rings. The van der Waals surface area contributed by atoms with Crippen molar-refractivity contribution < 1.29 is 9.59 Å². The maximum absolute atomic E-state index is 11.9. The number of anilines is 1. The van der Waals surface area contributed by atoms with Crippen molar-refractivity contribution in [3.8, 4) is 0 Å². The van der Waals surface area contributed by atoms with Crippen LogP contribution in [0.3, 0.4) is 0 Å². The Bertz CT molecular complexity index is 487. The molecule has 3 N–H and O–H groups in total. The molecular formula is C14H19N3O2. The molecule has 2 atom stereocenters. The normalized spacial score (nSPS) is 18.6. The lowest BCUT2D eigenvalue weighted by Gasteiger charge is -2.18. The van der Waals surface area contributed by atoms with Crippen LogP contribution in [0.25, 0.3) is 0 Å². The van der Waals surface area contributed by atoms with Gasteiger partial charge in [-0.05, 0) is 19.4 Å². The zero-order valence-corrected chi connectivity index (χ0v) is 11.2. The largest absolute Gasteiger partial charge is 0.355 e. The Morgan fingerprint density at radius 1 is 1.42 bits per heavy atom. The highest BCUT2D eigenvalue weighted by Crippen LogP contribution is 2.30. The summed E-state index contributed by atoms with van der Waals surface area (Å²) in [6, 6.07) is 6.64. The first-order valence-electron chi connectivity index (χ1n) is 6.57. The first kappa shape index (κ1) is 13.5. The number of carbonyl (C=O) groups is 2. The van der Waals surface area contributed by atoms with Gasteiger partial charge in [0.1, 0.15) is 6.04 Å². The minimum absolute atomic E-state index is 0.0842. The van der Waals surface area contributed by atoms with Gasteiger partial charge >= 0.3 is 0 Å². The molecule has 2 unspecified atom stereocenters. The molecule has 102 valence electrons. The molecule has 1 aliphatic rings. The van der Waals surface area contributed by atoms with E-state index in [0.29, 0.717) is 6.54 Å². The summed E-state index contributed by atoms with van der Waals surface area (Å²) in [5.74, 6) is -0.199. The van der Waals surface area contributed by atoms with Gasteiger partial charge in [-0.15, -0.1) is 0 Å². The van der Waals surface area contributed by atoms with E-state index in [9.17, 15) is 9.59 Å². The van der Waals surface area contributed by atoms with Crippen molar-refractivity contribution in [2.24, 2.45) is 0 Å². The van der Waals surface area contributed by atoms with Crippen LogP contribution in [-0.2, 0) is 9.59 Å². The third-order valence-corrected chi connectivity index (χ3v) is 3.15. The molecule has 0 aliphatic carbocycles. The summed E-state index contributed by atoms with van der Waals surface area (Å²) in [6.45, 7) is 4.41. The van der Waals surface area contributed by atoms with Gasteiger partial charge in [-0.2, -0.15) is 0 Å². The van der Waals surface area contributed by atoms with Gasteiger partial charge in [0, 0.05) is 17.8 Å². The molecule has 0 saturated heterocycles. The molecule has 0 saturated carbocycles. The van der Waals surface area contributed by atoms with Crippen LogP contribution in [0.2, 0.25) is 0 Å². The number of benzene rings is 1. The average molecular weight is 261 g/mol. The number of para-hydroxylation sites is 1. The molecule has 2 amide bonds. The van der Waals surface area contributed by atoms with Crippen molar-refractivity contribution in [3.05, 3.63) is 29.8 Å². The lowest BCUT2D eigenvalue weighted by Crippen LogP contribution is -2.45. The number of amides is 2. The first-order valence-corrected chi connectivity index (χ1v) is 6.57. The Morgan fingerprint density at radius 3 is 2.89 bits per heavy atom. The fraction of sp³-hybridized carbons (Fsp3) is 0.429. The molecule has 0 aromatic heterocycles. The smallest absolute Gasteiger partial charge is 0.246 e. The Labute approximate surface area is 112 Å². The van der Waals surface area contributed by atoms with Crippen LogP contribution in [0.15, 0.2) is 24.3 Å². The van der Waals surface area contributed by atoms with Gasteiger partial charge in [0.25, 0.3) is 0 Å². The van der Waals surface area contributed by atoms with Gasteiger partial charge in [0.15, 0.2) is 0 Å². The van der Waals surface area contributed by atoms with Crippen LogP contribution in [-0.4, -0.2) is 24.4 Å². The monoisotopic (exact) mass is 261 g/mol. The molecule has 19 heavy (non-hydrogen) atoms. The van der Waals surface area contributed by atoms with E-state index >= 15 is 0 Å². The zero-order valence-electron chi connectivity index (χ0n) is 11.2. The van der Waals surface area contributed by atoms with Crippen molar-refractivity contribution >= 4 is 17.5 Å². The summed E-state index contributed by atoms with van der Waals surface area (Å²) in [4.78, 5) is 23.7. The maximum atomic E-state index is 11.9. The molecule has 2 rings (SSSR count). The van der Waals surface area contributed by atoms with Crippen LogP contribution in [0.5, 0.6) is 0 Å². The Kier molecular flexibility index (Phi) is 4.16. The number of carbonyl (C=O) groups excluding carboxylic acids is 2. The third-order valence-electron chi connectivity index (χ3n) is 3.15. The second kappa shape index (κ2) is 5.84. The second-order valence-electron chi connectivity index (χ2n) is 4.69. The minimum atomic E-state index is -0.460. The van der Waals surface area contributed by atoms with Gasteiger partial charge in [-0.3, -0.25) is 14.9 Å². The molecule has 0 bridgehead atoms. The van der Waals surface area contributed by atoms with E-state index in [1.807, 2.05) is 31.2 Å². The Hall–Kier alpha value is -1.88. The number of hydrogen-bond donors (Lipinski definition) is 3. The number of rotatable bonds is 5. The zero-order chi connectivity index (χ0) is 13.8. The highest BCUT2D eigenvalue weighted by atomic mass is 16.2. The predicted octanol–water partition coefficient (Wildman–Crippen LogP) is 1.18. The standard InChI is InChI=1S/C14H19N3O2/c1-3-8-15-13(18)9(2)16-12-10-6-4-5-7-11(10)17-14(12)19/h4-7,9,12,16H,3,8H2,1-2H3,(H,15,18)(H,17,19). The number of fused-ring (bicyclic) bond motifs is 1. The maximum Gasteiger partial charge on any atom is 0.246 e. The van der Waals surface area contributed by atoms with E-state index in [0.717, 1.165) is 17.7 Å². The fourth-order valence-electron chi connectivity index (χ4n) is 2.10. The Morgan fingerprint density at radius 2 is 2.16 bits per heavy atom. The summed E-state index contributed by atoms with van der Waals surface area (Å²) in [6.07, 6.45) is 0.894. The SMILES string of the molecule is CCCNC(=O)C(C)NC1C(=O)Nc2ccccc21. The summed E-state index contributed by atoms with van der Waals surface area (Å²) in [5.41, 5.74) is 1.70. The summed E-state index contributed by atoms with van der Waals surface area (Å²) < 4.78 is 0. The van der Waals surface area contributed by atoms with Crippen molar-refractivity contribution in [1.29, 1.82) is 0 Å². The average Bonchev–Trinajstić information content (AvgIpc) is 2.72. The van der Waals surface area contributed by atoms with Gasteiger partial charge < -0.3 is 10.6 Å². The second-order valence-corrected chi connectivity index (χ2v) is 4.69. The summed E-state index contributed by atoms with van der Waals surface area (Å²) in [5, 5.41) is 8.68. The van der Waals surface area contributed by atoms with Crippen molar-refractivity contribution in [1.82, 2.24) is 10.6 Å². The van der Waals surface area contributed by atoms with Crippen LogP contribution in [0.4, 0.5) is 5.69 Å². The van der Waals surface area contributed by atoms with Crippen molar-refractivity contribution in [2.45, 2.75) is 32.4 Å². The fourth-order valence-corrected chi connectivity index (χ4v) is 2.10. The molecular weight excluding hydrogens is 242 g/mol. The van der Waals surface area contributed by atoms with E-state index in [1.54, 1.807) is 6.92 Å². The van der Waals surface area contributed by atoms with E-state index < -0.39 is 12.1 Å². The topological polar surface area (TPSA) is 70.2 Å². The van der Waals surface area contributed by atoms with Gasteiger partial charge in [-0.1, -0.05) is 25.1 Å².